The molecule has 0 unspecified atom stereocenters. The van der Waals surface area contributed by atoms with Crippen molar-refractivity contribution < 1.29 is 14.3 Å². The van der Waals surface area contributed by atoms with Crippen LogP contribution in [-0.2, 0) is 14.3 Å². The molecule has 5 nitrogen and oxygen atoms in total. The Morgan fingerprint density at radius 1 is 1.43 bits per heavy atom. The van der Waals surface area contributed by atoms with E-state index >= 15 is 0 Å². The zero-order chi connectivity index (χ0) is 11.0. The molecule has 0 radical (unpaired) electrons. The number of esters is 1. The van der Waals surface area contributed by atoms with Crippen molar-refractivity contribution in [2.45, 2.75) is 26.3 Å². The van der Waals surface area contributed by atoms with Crippen LogP contribution in [0, 0.1) is 0 Å². The second kappa shape index (κ2) is 7.32. The molecule has 0 fully saturated rings. The van der Waals surface area contributed by atoms with Gasteiger partial charge < -0.3 is 15.4 Å². The number of hydrogen-bond donors (Lipinski definition) is 2. The van der Waals surface area contributed by atoms with Crippen LogP contribution in [0.15, 0.2) is 0 Å². The van der Waals surface area contributed by atoms with E-state index < -0.39 is 12.0 Å². The average molecular weight is 202 g/mol. The maximum atomic E-state index is 11.2. The minimum atomic E-state index is -0.587. The molecule has 0 aromatic carbocycles. The van der Waals surface area contributed by atoms with E-state index in [0.29, 0.717) is 0 Å². The standard InChI is InChI=1S/C9H18N2O3/c1-4-5-10-6-8(12)11-7(2)9(13)14-3/h7,10H,4-6H2,1-3H3,(H,11,12)/t7-/m0/s1. The van der Waals surface area contributed by atoms with Gasteiger partial charge in [-0.3, -0.25) is 4.79 Å². The normalized spacial score (nSPS) is 11.9. The Balaban J connectivity index is 3.65. The minimum Gasteiger partial charge on any atom is -0.467 e. The zero-order valence-corrected chi connectivity index (χ0v) is 8.92. The first-order valence-corrected chi connectivity index (χ1v) is 4.69. The summed E-state index contributed by atoms with van der Waals surface area (Å²) in [5, 5.41) is 5.45. The predicted octanol–water partition coefficient (Wildman–Crippen LogP) is -0.336. The zero-order valence-electron chi connectivity index (χ0n) is 8.92. The molecule has 0 bridgehead atoms. The monoisotopic (exact) mass is 202 g/mol. The molecule has 1 atom stereocenters. The van der Waals surface area contributed by atoms with Crippen LogP contribution in [0.1, 0.15) is 20.3 Å². The van der Waals surface area contributed by atoms with Crippen LogP contribution >= 0.6 is 0 Å². The number of carbonyl (C=O) groups excluding carboxylic acids is 2. The molecule has 82 valence electrons. The molecule has 0 aliphatic carbocycles. The lowest BCUT2D eigenvalue weighted by molar-refractivity contribution is -0.144. The lowest BCUT2D eigenvalue weighted by atomic mass is 10.3. The summed E-state index contributed by atoms with van der Waals surface area (Å²) in [5.41, 5.74) is 0. The molecule has 0 aromatic rings. The largest absolute Gasteiger partial charge is 0.467 e. The van der Waals surface area contributed by atoms with Crippen molar-refractivity contribution in [2.75, 3.05) is 20.2 Å². The van der Waals surface area contributed by atoms with Gasteiger partial charge >= 0.3 is 5.97 Å². The van der Waals surface area contributed by atoms with E-state index in [2.05, 4.69) is 15.4 Å². The van der Waals surface area contributed by atoms with E-state index in [9.17, 15) is 9.59 Å². The van der Waals surface area contributed by atoms with Gasteiger partial charge in [0.15, 0.2) is 0 Å². The Bertz CT molecular complexity index is 194. The first kappa shape index (κ1) is 12.9. The van der Waals surface area contributed by atoms with Gasteiger partial charge in [0.2, 0.25) is 5.91 Å². The molecule has 14 heavy (non-hydrogen) atoms. The van der Waals surface area contributed by atoms with Crippen molar-refractivity contribution in [2.24, 2.45) is 0 Å². The summed E-state index contributed by atoms with van der Waals surface area (Å²) < 4.78 is 4.46. The van der Waals surface area contributed by atoms with Crippen LogP contribution in [0.4, 0.5) is 0 Å². The highest BCUT2D eigenvalue weighted by Gasteiger charge is 2.14. The van der Waals surface area contributed by atoms with Gasteiger partial charge in [0.25, 0.3) is 0 Å². The first-order valence-electron chi connectivity index (χ1n) is 4.69. The van der Waals surface area contributed by atoms with Crippen molar-refractivity contribution in [3.8, 4) is 0 Å². The Morgan fingerprint density at radius 3 is 2.57 bits per heavy atom. The topological polar surface area (TPSA) is 67.4 Å². The molecule has 0 spiro atoms. The number of rotatable bonds is 6. The highest BCUT2D eigenvalue weighted by molar-refractivity contribution is 5.85. The van der Waals surface area contributed by atoms with Crippen LogP contribution in [0.5, 0.6) is 0 Å². The molecular formula is C9H18N2O3. The number of nitrogens with one attached hydrogen (secondary N) is 2. The minimum absolute atomic E-state index is 0.198. The van der Waals surface area contributed by atoms with Crippen LogP contribution in [0.25, 0.3) is 0 Å². The van der Waals surface area contributed by atoms with E-state index in [1.165, 1.54) is 7.11 Å². The fraction of sp³-hybridized carbons (Fsp3) is 0.778. The average Bonchev–Trinajstić information content (AvgIpc) is 2.16. The van der Waals surface area contributed by atoms with E-state index in [4.69, 9.17) is 0 Å². The lowest BCUT2D eigenvalue weighted by Gasteiger charge is -2.11. The Morgan fingerprint density at radius 2 is 2.07 bits per heavy atom. The summed E-state index contributed by atoms with van der Waals surface area (Å²) in [5.74, 6) is -0.634. The summed E-state index contributed by atoms with van der Waals surface area (Å²) >= 11 is 0. The van der Waals surface area contributed by atoms with Crippen LogP contribution < -0.4 is 10.6 Å². The molecule has 2 N–H and O–H groups in total. The van der Waals surface area contributed by atoms with E-state index in [1.807, 2.05) is 6.92 Å². The number of ether oxygens (including phenoxy) is 1. The molecule has 0 aliphatic rings. The van der Waals surface area contributed by atoms with Gasteiger partial charge in [-0.15, -0.1) is 0 Å². The molecule has 0 aliphatic heterocycles. The van der Waals surface area contributed by atoms with E-state index in [1.54, 1.807) is 6.92 Å². The highest BCUT2D eigenvalue weighted by atomic mass is 16.5. The first-order chi connectivity index (χ1) is 6.61. The number of methoxy groups -OCH3 is 1. The van der Waals surface area contributed by atoms with Gasteiger partial charge in [0.1, 0.15) is 6.04 Å². The third-order valence-corrected chi connectivity index (χ3v) is 1.64. The fourth-order valence-electron chi connectivity index (χ4n) is 0.907. The predicted molar refractivity (Wildman–Crippen MR) is 52.8 cm³/mol. The van der Waals surface area contributed by atoms with Gasteiger partial charge in [0, 0.05) is 0 Å². The van der Waals surface area contributed by atoms with Crippen LogP contribution in [0.3, 0.4) is 0 Å². The summed E-state index contributed by atoms with van der Waals surface area (Å²) in [6.07, 6.45) is 0.972. The van der Waals surface area contributed by atoms with Crippen molar-refractivity contribution in [1.29, 1.82) is 0 Å². The van der Waals surface area contributed by atoms with E-state index in [0.717, 1.165) is 13.0 Å². The van der Waals surface area contributed by atoms with Crippen LogP contribution in [-0.4, -0.2) is 38.1 Å². The molecule has 0 saturated heterocycles. The van der Waals surface area contributed by atoms with Gasteiger partial charge in [-0.05, 0) is 19.9 Å². The molecule has 0 rings (SSSR count). The van der Waals surface area contributed by atoms with Gasteiger partial charge in [-0.1, -0.05) is 6.92 Å². The maximum absolute atomic E-state index is 11.2. The molecular weight excluding hydrogens is 184 g/mol. The molecule has 5 heteroatoms. The summed E-state index contributed by atoms with van der Waals surface area (Å²) in [6, 6.07) is -0.587. The smallest absolute Gasteiger partial charge is 0.328 e. The highest BCUT2D eigenvalue weighted by Crippen LogP contribution is 1.85. The van der Waals surface area contributed by atoms with Crippen LogP contribution in [0.2, 0.25) is 0 Å². The second-order valence-corrected chi connectivity index (χ2v) is 2.99. The Hall–Kier alpha value is -1.10. The van der Waals surface area contributed by atoms with Gasteiger partial charge in [-0.2, -0.15) is 0 Å². The maximum Gasteiger partial charge on any atom is 0.328 e. The summed E-state index contributed by atoms with van der Waals surface area (Å²) in [6.45, 7) is 4.63. The van der Waals surface area contributed by atoms with Gasteiger partial charge in [0.05, 0.1) is 13.7 Å². The fourth-order valence-corrected chi connectivity index (χ4v) is 0.907. The summed E-state index contributed by atoms with van der Waals surface area (Å²) in [4.78, 5) is 22.1. The third kappa shape index (κ3) is 5.53. The summed E-state index contributed by atoms with van der Waals surface area (Å²) in [7, 11) is 1.29. The molecule has 0 heterocycles. The molecule has 0 aromatic heterocycles. The number of amides is 1. The molecule has 1 amide bonds. The van der Waals surface area contributed by atoms with Crippen molar-refractivity contribution in [3.05, 3.63) is 0 Å². The molecule has 0 saturated carbocycles. The SMILES string of the molecule is CCCNCC(=O)N[C@@H](C)C(=O)OC. The Labute approximate surface area is 84.2 Å². The Kier molecular flexibility index (Phi) is 6.74. The van der Waals surface area contributed by atoms with Gasteiger partial charge in [-0.25, -0.2) is 4.79 Å². The van der Waals surface area contributed by atoms with Crippen molar-refractivity contribution in [3.63, 3.8) is 0 Å². The van der Waals surface area contributed by atoms with Crippen molar-refractivity contribution in [1.82, 2.24) is 10.6 Å². The lowest BCUT2D eigenvalue weighted by Crippen LogP contribution is -2.43. The van der Waals surface area contributed by atoms with E-state index in [-0.39, 0.29) is 12.5 Å². The second-order valence-electron chi connectivity index (χ2n) is 2.99. The quantitative estimate of drug-likeness (QED) is 0.457. The van der Waals surface area contributed by atoms with Crippen molar-refractivity contribution >= 4 is 11.9 Å². The third-order valence-electron chi connectivity index (χ3n) is 1.64. The number of hydrogen-bond acceptors (Lipinski definition) is 4. The number of carbonyl (C=O) groups is 2.